The van der Waals surface area contributed by atoms with Crippen LogP contribution in [-0.4, -0.2) is 52.6 Å². The summed E-state index contributed by atoms with van der Waals surface area (Å²) in [5.74, 6) is 2.90. The molecule has 8 heteroatoms. The fraction of sp³-hybridized carbons (Fsp3) is 0.333. The molecular weight excluding hydrogens is 392 g/mol. The van der Waals surface area contributed by atoms with Crippen molar-refractivity contribution in [1.82, 2.24) is 19.9 Å². The first-order valence-electron chi connectivity index (χ1n) is 9.32. The van der Waals surface area contributed by atoms with E-state index < -0.39 is 0 Å². The van der Waals surface area contributed by atoms with Gasteiger partial charge in [-0.15, -0.1) is 12.4 Å². The lowest BCUT2D eigenvalue weighted by Crippen LogP contribution is -2.29. The predicted molar refractivity (Wildman–Crippen MR) is 116 cm³/mol. The first kappa shape index (κ1) is 21.1. The van der Waals surface area contributed by atoms with Crippen LogP contribution in [0.25, 0.3) is 33.5 Å². The molecule has 1 saturated heterocycles. The van der Waals surface area contributed by atoms with Crippen molar-refractivity contribution in [3.63, 3.8) is 0 Å². The number of halogens is 1. The van der Waals surface area contributed by atoms with Crippen LogP contribution in [0.5, 0.6) is 5.75 Å². The summed E-state index contributed by atoms with van der Waals surface area (Å²) in [5, 5.41) is 1.01. The molecule has 0 radical (unpaired) electrons. The maximum atomic E-state index is 6.05. The summed E-state index contributed by atoms with van der Waals surface area (Å²) >= 11 is 0. The summed E-state index contributed by atoms with van der Waals surface area (Å²) in [7, 11) is 3.82. The molecule has 4 heterocycles. The van der Waals surface area contributed by atoms with Gasteiger partial charge in [-0.25, -0.2) is 9.97 Å². The lowest BCUT2D eigenvalue weighted by Gasteiger charge is -2.27. The Morgan fingerprint density at radius 1 is 1.21 bits per heavy atom. The van der Waals surface area contributed by atoms with Gasteiger partial charge < -0.3 is 24.5 Å². The Kier molecular flexibility index (Phi) is 6.12. The van der Waals surface area contributed by atoms with Gasteiger partial charge in [0, 0.05) is 11.3 Å². The fourth-order valence-electron chi connectivity index (χ4n) is 3.86. The number of hydrogen-bond donors (Lipinski definition) is 1. The standard InChI is InChI=1S/C21H22N4O2.ClH.H2O/c1-25-8-6-13(7-9-25)21-22-12-17-15(24-21)11-16(23-17)19-10-14-4-3-5-18(26-2)20(14)27-19;;/h3-5,10-13,23H,6-9H2,1-2H3;1H;1H2. The lowest BCUT2D eigenvalue weighted by atomic mass is 9.96. The number of likely N-dealkylation sites (tertiary alicyclic amines) is 1. The van der Waals surface area contributed by atoms with Crippen molar-refractivity contribution in [2.45, 2.75) is 18.8 Å². The van der Waals surface area contributed by atoms with E-state index in [4.69, 9.17) is 14.1 Å². The molecule has 7 nitrogen and oxygen atoms in total. The average molecular weight is 417 g/mol. The number of fused-ring (bicyclic) bond motifs is 2. The minimum absolute atomic E-state index is 0. The minimum atomic E-state index is 0. The molecule has 1 fully saturated rings. The average Bonchev–Trinajstić information content (AvgIpc) is 3.31. The summed E-state index contributed by atoms with van der Waals surface area (Å²) in [6.07, 6.45) is 4.12. The van der Waals surface area contributed by atoms with E-state index in [-0.39, 0.29) is 17.9 Å². The highest BCUT2D eigenvalue weighted by molar-refractivity contribution is 5.89. The Morgan fingerprint density at radius 3 is 2.76 bits per heavy atom. The molecule has 3 aromatic heterocycles. The summed E-state index contributed by atoms with van der Waals surface area (Å²) in [4.78, 5) is 15.2. The molecule has 154 valence electrons. The van der Waals surface area contributed by atoms with E-state index >= 15 is 0 Å². The van der Waals surface area contributed by atoms with E-state index in [0.717, 1.165) is 71.0 Å². The fourth-order valence-corrected chi connectivity index (χ4v) is 3.86. The Bertz CT molecular complexity index is 1120. The lowest BCUT2D eigenvalue weighted by molar-refractivity contribution is 0.251. The van der Waals surface area contributed by atoms with Crippen molar-refractivity contribution in [2.75, 3.05) is 27.2 Å². The molecule has 1 aliphatic heterocycles. The third kappa shape index (κ3) is 3.81. The number of nitrogens with one attached hydrogen (secondary N) is 1. The molecule has 1 aromatic carbocycles. The van der Waals surface area contributed by atoms with Gasteiger partial charge in [-0.1, -0.05) is 12.1 Å². The van der Waals surface area contributed by atoms with Crippen molar-refractivity contribution >= 4 is 34.4 Å². The number of rotatable bonds is 3. The molecule has 0 unspecified atom stereocenters. The maximum absolute atomic E-state index is 6.05. The second kappa shape index (κ2) is 8.41. The summed E-state index contributed by atoms with van der Waals surface area (Å²) < 4.78 is 11.5. The van der Waals surface area contributed by atoms with E-state index in [9.17, 15) is 0 Å². The summed E-state index contributed by atoms with van der Waals surface area (Å²) in [5.41, 5.74) is 3.51. The number of nitrogens with zero attached hydrogens (tertiary/aromatic N) is 3. The second-order valence-electron chi connectivity index (χ2n) is 7.28. The highest BCUT2D eigenvalue weighted by Gasteiger charge is 2.21. The largest absolute Gasteiger partial charge is 0.493 e. The van der Waals surface area contributed by atoms with Crippen LogP contribution in [0.2, 0.25) is 0 Å². The number of aromatic nitrogens is 3. The first-order chi connectivity index (χ1) is 13.2. The number of piperidine rings is 1. The number of methoxy groups -OCH3 is 1. The quantitative estimate of drug-likeness (QED) is 0.547. The molecule has 3 N–H and O–H groups in total. The zero-order valence-corrected chi connectivity index (χ0v) is 17.3. The van der Waals surface area contributed by atoms with Crippen LogP contribution in [0.3, 0.4) is 0 Å². The van der Waals surface area contributed by atoms with Gasteiger partial charge in [0.1, 0.15) is 5.82 Å². The minimum Gasteiger partial charge on any atom is -0.493 e. The van der Waals surface area contributed by atoms with Gasteiger partial charge in [0.25, 0.3) is 0 Å². The number of aromatic amines is 1. The topological polar surface area (TPSA) is 98.7 Å². The van der Waals surface area contributed by atoms with Crippen LogP contribution in [0.1, 0.15) is 24.6 Å². The van der Waals surface area contributed by atoms with Gasteiger partial charge in [-0.05, 0) is 51.2 Å². The van der Waals surface area contributed by atoms with Gasteiger partial charge in [-0.2, -0.15) is 0 Å². The van der Waals surface area contributed by atoms with Crippen molar-refractivity contribution in [1.29, 1.82) is 0 Å². The summed E-state index contributed by atoms with van der Waals surface area (Å²) in [6, 6.07) is 9.95. The monoisotopic (exact) mass is 416 g/mol. The van der Waals surface area contributed by atoms with Crippen LogP contribution in [0.4, 0.5) is 0 Å². The Balaban J connectivity index is 0.00000120. The Morgan fingerprint density at radius 2 is 2.00 bits per heavy atom. The van der Waals surface area contributed by atoms with Crippen molar-refractivity contribution in [3.05, 3.63) is 42.4 Å². The Hall–Kier alpha value is -2.61. The Labute approximate surface area is 174 Å². The van der Waals surface area contributed by atoms with E-state index in [1.54, 1.807) is 7.11 Å². The first-order valence-corrected chi connectivity index (χ1v) is 9.32. The van der Waals surface area contributed by atoms with Gasteiger partial charge in [0.05, 0.1) is 30.0 Å². The van der Waals surface area contributed by atoms with Crippen molar-refractivity contribution < 1.29 is 14.6 Å². The molecule has 1 aliphatic rings. The van der Waals surface area contributed by atoms with E-state index in [0.29, 0.717) is 5.92 Å². The predicted octanol–water partition coefficient (Wildman–Crippen LogP) is 3.79. The molecule has 5 rings (SSSR count). The molecule has 0 bridgehead atoms. The van der Waals surface area contributed by atoms with E-state index in [1.807, 2.05) is 36.5 Å². The molecule has 4 aromatic rings. The van der Waals surface area contributed by atoms with E-state index in [1.165, 1.54) is 0 Å². The SMILES string of the molecule is COc1cccc2cc(-c3cc4nc(C5CCN(C)CC5)ncc4[nH]3)oc12.Cl.O. The van der Waals surface area contributed by atoms with Crippen LogP contribution in [0, 0.1) is 0 Å². The van der Waals surface area contributed by atoms with Gasteiger partial charge in [-0.3, -0.25) is 0 Å². The third-order valence-electron chi connectivity index (χ3n) is 5.46. The molecule has 0 amide bonds. The third-order valence-corrected chi connectivity index (χ3v) is 5.46. The zero-order valence-electron chi connectivity index (χ0n) is 16.4. The number of H-pyrrole nitrogens is 1. The van der Waals surface area contributed by atoms with Crippen molar-refractivity contribution in [3.8, 4) is 17.2 Å². The highest BCUT2D eigenvalue weighted by atomic mass is 35.5. The van der Waals surface area contributed by atoms with Crippen LogP contribution in [0.15, 0.2) is 40.9 Å². The van der Waals surface area contributed by atoms with Gasteiger partial charge >= 0.3 is 0 Å². The number of hydrogen-bond acceptors (Lipinski definition) is 5. The number of ether oxygens (including phenoxy) is 1. The maximum Gasteiger partial charge on any atom is 0.176 e. The second-order valence-corrected chi connectivity index (χ2v) is 7.28. The molecule has 0 saturated carbocycles. The smallest absolute Gasteiger partial charge is 0.176 e. The number of furan rings is 1. The van der Waals surface area contributed by atoms with Gasteiger partial charge in [0.15, 0.2) is 17.1 Å². The molecule has 0 spiro atoms. The van der Waals surface area contributed by atoms with Crippen molar-refractivity contribution in [2.24, 2.45) is 0 Å². The van der Waals surface area contributed by atoms with Crippen LogP contribution >= 0.6 is 12.4 Å². The van der Waals surface area contributed by atoms with Crippen LogP contribution in [-0.2, 0) is 0 Å². The molecule has 0 aliphatic carbocycles. The van der Waals surface area contributed by atoms with Crippen LogP contribution < -0.4 is 4.74 Å². The van der Waals surface area contributed by atoms with Gasteiger partial charge in [0.2, 0.25) is 0 Å². The highest BCUT2D eigenvalue weighted by Crippen LogP contribution is 2.34. The molecular formula is C21H25ClN4O3. The summed E-state index contributed by atoms with van der Waals surface area (Å²) in [6.45, 7) is 2.20. The molecule has 29 heavy (non-hydrogen) atoms. The molecule has 0 atom stereocenters. The zero-order chi connectivity index (χ0) is 18.4. The van der Waals surface area contributed by atoms with E-state index in [2.05, 4.69) is 21.9 Å². The number of benzene rings is 1. The number of para-hydroxylation sites is 1. The normalized spacial score (nSPS) is 15.2.